The Bertz CT molecular complexity index is 546. The molecule has 0 aromatic carbocycles. The Morgan fingerprint density at radius 3 is 3.00 bits per heavy atom. The maximum absolute atomic E-state index is 11.3. The third kappa shape index (κ3) is 4.37. The summed E-state index contributed by atoms with van der Waals surface area (Å²) in [5.74, 6) is 0.746. The van der Waals surface area contributed by atoms with E-state index in [4.69, 9.17) is 0 Å². The normalized spacial score (nSPS) is 17.7. The van der Waals surface area contributed by atoms with E-state index in [0.29, 0.717) is 16.9 Å². The van der Waals surface area contributed by atoms with Crippen LogP contribution in [0.5, 0.6) is 0 Å². The van der Waals surface area contributed by atoms with E-state index in [-0.39, 0.29) is 5.56 Å². The lowest BCUT2D eigenvalue weighted by atomic mass is 10.0. The fourth-order valence-electron chi connectivity index (χ4n) is 1.81. The molecule has 1 atom stereocenters. The number of nitrogens with one attached hydrogen (secondary N) is 2. The number of rotatable bonds is 6. The van der Waals surface area contributed by atoms with E-state index < -0.39 is 5.54 Å². The Morgan fingerprint density at radius 2 is 2.42 bits per heavy atom. The largest absolute Gasteiger partial charge is 0.301 e. The van der Waals surface area contributed by atoms with Gasteiger partial charge in [0.15, 0.2) is 5.16 Å². The van der Waals surface area contributed by atoms with E-state index in [9.17, 15) is 10.1 Å². The van der Waals surface area contributed by atoms with Crippen LogP contribution in [0.15, 0.2) is 16.0 Å². The molecule has 1 heterocycles. The molecule has 0 aliphatic heterocycles. The van der Waals surface area contributed by atoms with Crippen LogP contribution >= 0.6 is 11.8 Å². The average Bonchev–Trinajstić information content (AvgIpc) is 3.11. The zero-order valence-electron chi connectivity index (χ0n) is 11.2. The molecule has 1 aromatic rings. The van der Waals surface area contributed by atoms with Crippen LogP contribution in [0.4, 0.5) is 0 Å². The van der Waals surface area contributed by atoms with Crippen molar-refractivity contribution in [2.75, 3.05) is 5.75 Å². The number of nitrogens with zero attached hydrogens (tertiary/aromatic N) is 2. The van der Waals surface area contributed by atoms with Crippen LogP contribution in [0.2, 0.25) is 0 Å². The SMILES string of the molecule is Cc1cc(=O)[nH]c(SCCC(C)(C#N)NC2CC2)n1. The number of aromatic nitrogens is 2. The molecule has 102 valence electrons. The number of hydrogen-bond donors (Lipinski definition) is 2. The molecule has 6 heteroatoms. The first-order valence-corrected chi connectivity index (χ1v) is 7.39. The molecular weight excluding hydrogens is 260 g/mol. The fourth-order valence-corrected chi connectivity index (χ4v) is 2.90. The quantitative estimate of drug-likeness (QED) is 0.610. The minimum absolute atomic E-state index is 0.130. The highest BCUT2D eigenvalue weighted by atomic mass is 32.2. The first-order chi connectivity index (χ1) is 9.00. The summed E-state index contributed by atoms with van der Waals surface area (Å²) in [7, 11) is 0. The highest BCUT2D eigenvalue weighted by molar-refractivity contribution is 7.99. The molecule has 1 saturated carbocycles. The summed E-state index contributed by atoms with van der Waals surface area (Å²) in [6.45, 7) is 3.73. The lowest BCUT2D eigenvalue weighted by Gasteiger charge is -2.22. The van der Waals surface area contributed by atoms with E-state index in [2.05, 4.69) is 21.4 Å². The second-order valence-electron chi connectivity index (χ2n) is 5.15. The van der Waals surface area contributed by atoms with E-state index in [1.807, 2.05) is 6.92 Å². The van der Waals surface area contributed by atoms with Crippen molar-refractivity contribution in [2.45, 2.75) is 49.8 Å². The van der Waals surface area contributed by atoms with Crippen molar-refractivity contribution in [1.29, 1.82) is 5.26 Å². The van der Waals surface area contributed by atoms with Crippen LogP contribution in [0.3, 0.4) is 0 Å². The molecule has 1 fully saturated rings. The van der Waals surface area contributed by atoms with Crippen LogP contribution < -0.4 is 10.9 Å². The molecule has 19 heavy (non-hydrogen) atoms. The van der Waals surface area contributed by atoms with Gasteiger partial charge in [-0.25, -0.2) is 4.98 Å². The predicted octanol–water partition coefficient (Wildman–Crippen LogP) is 1.59. The monoisotopic (exact) mass is 278 g/mol. The topological polar surface area (TPSA) is 81.6 Å². The van der Waals surface area contributed by atoms with E-state index >= 15 is 0 Å². The van der Waals surface area contributed by atoms with Crippen LogP contribution in [0, 0.1) is 18.3 Å². The Labute approximate surface area is 116 Å². The standard InChI is InChI=1S/C13H18N4OS/c1-9-7-11(18)16-12(15-9)19-6-5-13(2,8-14)17-10-3-4-10/h7,10,17H,3-6H2,1-2H3,(H,15,16,18). The van der Waals surface area contributed by atoms with Gasteiger partial charge in [-0.2, -0.15) is 5.26 Å². The van der Waals surface area contributed by atoms with Crippen molar-refractivity contribution in [3.63, 3.8) is 0 Å². The van der Waals surface area contributed by atoms with Gasteiger partial charge in [0.05, 0.1) is 6.07 Å². The number of aromatic amines is 1. The van der Waals surface area contributed by atoms with Gasteiger partial charge >= 0.3 is 0 Å². The first kappa shape index (κ1) is 14.1. The molecule has 5 nitrogen and oxygen atoms in total. The number of thioether (sulfide) groups is 1. The summed E-state index contributed by atoms with van der Waals surface area (Å²) < 4.78 is 0. The van der Waals surface area contributed by atoms with Crippen molar-refractivity contribution in [3.05, 3.63) is 22.1 Å². The molecule has 0 amide bonds. The first-order valence-electron chi connectivity index (χ1n) is 6.40. The zero-order chi connectivity index (χ0) is 13.9. The number of nitriles is 1. The molecule has 0 bridgehead atoms. The molecular formula is C13H18N4OS. The van der Waals surface area contributed by atoms with Crippen molar-refractivity contribution in [3.8, 4) is 6.07 Å². The van der Waals surface area contributed by atoms with Gasteiger partial charge < -0.3 is 4.98 Å². The molecule has 1 aromatic heterocycles. The summed E-state index contributed by atoms with van der Waals surface area (Å²) in [6.07, 6.45) is 3.05. The van der Waals surface area contributed by atoms with E-state index in [0.717, 1.165) is 25.0 Å². The molecule has 1 aliphatic rings. The van der Waals surface area contributed by atoms with E-state index in [1.165, 1.54) is 17.8 Å². The van der Waals surface area contributed by atoms with Crippen LogP contribution in [-0.2, 0) is 0 Å². The van der Waals surface area contributed by atoms with Gasteiger partial charge in [-0.05, 0) is 33.1 Å². The molecule has 0 saturated heterocycles. The van der Waals surface area contributed by atoms with Crippen LogP contribution in [-0.4, -0.2) is 27.3 Å². The lowest BCUT2D eigenvalue weighted by molar-refractivity contribution is 0.433. The molecule has 1 aliphatic carbocycles. The fraction of sp³-hybridized carbons (Fsp3) is 0.615. The Morgan fingerprint density at radius 1 is 1.68 bits per heavy atom. The Kier molecular flexibility index (Phi) is 4.27. The summed E-state index contributed by atoms with van der Waals surface area (Å²) in [4.78, 5) is 18.3. The minimum atomic E-state index is -0.488. The molecule has 0 radical (unpaired) electrons. The van der Waals surface area contributed by atoms with Gasteiger partial charge in [0.2, 0.25) is 0 Å². The Hall–Kier alpha value is -1.32. The minimum Gasteiger partial charge on any atom is -0.301 e. The predicted molar refractivity (Wildman–Crippen MR) is 75.1 cm³/mol. The molecule has 0 spiro atoms. The van der Waals surface area contributed by atoms with Crippen LogP contribution in [0.1, 0.15) is 31.9 Å². The molecule has 2 rings (SSSR count). The summed E-state index contributed by atoms with van der Waals surface area (Å²) in [5.41, 5.74) is 0.0951. The summed E-state index contributed by atoms with van der Waals surface area (Å²) in [6, 6.07) is 4.32. The van der Waals surface area contributed by atoms with Gasteiger partial charge in [-0.1, -0.05) is 11.8 Å². The van der Waals surface area contributed by atoms with Gasteiger partial charge in [-0.3, -0.25) is 10.1 Å². The van der Waals surface area contributed by atoms with Crippen molar-refractivity contribution < 1.29 is 0 Å². The second kappa shape index (κ2) is 5.76. The maximum atomic E-state index is 11.3. The number of hydrogen-bond acceptors (Lipinski definition) is 5. The highest BCUT2D eigenvalue weighted by Crippen LogP contribution is 2.25. The second-order valence-corrected chi connectivity index (χ2v) is 6.24. The number of H-pyrrole nitrogens is 1. The zero-order valence-corrected chi connectivity index (χ0v) is 12.0. The lowest BCUT2D eigenvalue weighted by Crippen LogP contribution is -2.42. The van der Waals surface area contributed by atoms with Crippen molar-refractivity contribution >= 4 is 11.8 Å². The molecule has 2 N–H and O–H groups in total. The number of aryl methyl sites for hydroxylation is 1. The van der Waals surface area contributed by atoms with Gasteiger partial charge in [0.25, 0.3) is 5.56 Å². The summed E-state index contributed by atoms with van der Waals surface area (Å²) in [5, 5.41) is 13.2. The van der Waals surface area contributed by atoms with Crippen molar-refractivity contribution in [2.24, 2.45) is 0 Å². The van der Waals surface area contributed by atoms with Crippen molar-refractivity contribution in [1.82, 2.24) is 15.3 Å². The van der Waals surface area contributed by atoms with Gasteiger partial charge in [0.1, 0.15) is 5.54 Å². The maximum Gasteiger partial charge on any atom is 0.251 e. The smallest absolute Gasteiger partial charge is 0.251 e. The van der Waals surface area contributed by atoms with Gasteiger partial charge in [0, 0.05) is 23.6 Å². The summed E-state index contributed by atoms with van der Waals surface area (Å²) >= 11 is 1.48. The third-order valence-electron chi connectivity index (χ3n) is 3.04. The van der Waals surface area contributed by atoms with E-state index in [1.54, 1.807) is 6.92 Å². The Balaban J connectivity index is 1.87. The molecule has 1 unspecified atom stereocenters. The van der Waals surface area contributed by atoms with Gasteiger partial charge in [-0.15, -0.1) is 0 Å². The van der Waals surface area contributed by atoms with Crippen LogP contribution in [0.25, 0.3) is 0 Å². The third-order valence-corrected chi connectivity index (χ3v) is 3.91. The highest BCUT2D eigenvalue weighted by Gasteiger charge is 2.32. The average molecular weight is 278 g/mol.